The lowest BCUT2D eigenvalue weighted by molar-refractivity contribution is 0.0648. The van der Waals surface area contributed by atoms with Crippen molar-refractivity contribution in [3.63, 3.8) is 0 Å². The molecule has 2 atom stereocenters. The molecule has 0 radical (unpaired) electrons. The molecule has 0 saturated carbocycles. The third-order valence-electron chi connectivity index (χ3n) is 3.34. The van der Waals surface area contributed by atoms with E-state index in [9.17, 15) is 9.90 Å². The third-order valence-corrected chi connectivity index (χ3v) is 3.90. The van der Waals surface area contributed by atoms with Crippen molar-refractivity contribution in [2.24, 2.45) is 0 Å². The molecule has 0 aliphatic carbocycles. The van der Waals surface area contributed by atoms with Gasteiger partial charge in [0.25, 0.3) is 5.91 Å². The zero-order valence-electron chi connectivity index (χ0n) is 10.5. The van der Waals surface area contributed by atoms with Gasteiger partial charge in [-0.2, -0.15) is 0 Å². The summed E-state index contributed by atoms with van der Waals surface area (Å²) in [6.07, 6.45) is 0.566. The lowest BCUT2D eigenvalue weighted by atomic mass is 10.1. The van der Waals surface area contributed by atoms with E-state index in [2.05, 4.69) is 0 Å². The number of rotatable bonds is 3. The summed E-state index contributed by atoms with van der Waals surface area (Å²) in [7, 11) is 1.60. The Morgan fingerprint density at radius 2 is 2.26 bits per heavy atom. The molecule has 1 aromatic carbocycles. The number of amides is 1. The van der Waals surface area contributed by atoms with E-state index in [-0.39, 0.29) is 24.7 Å². The summed E-state index contributed by atoms with van der Waals surface area (Å²) in [5, 5.41) is 10.2. The monoisotopic (exact) mass is 303 g/mol. The number of halogens is 2. The maximum atomic E-state index is 12.5. The highest BCUT2D eigenvalue weighted by atomic mass is 35.5. The lowest BCUT2D eigenvalue weighted by Crippen LogP contribution is -2.38. The van der Waals surface area contributed by atoms with Crippen molar-refractivity contribution in [2.45, 2.75) is 18.6 Å². The van der Waals surface area contributed by atoms with Gasteiger partial charge in [0.2, 0.25) is 0 Å². The van der Waals surface area contributed by atoms with Gasteiger partial charge < -0.3 is 14.7 Å². The Morgan fingerprint density at radius 3 is 2.89 bits per heavy atom. The largest absolute Gasteiger partial charge is 0.394 e. The predicted molar refractivity (Wildman–Crippen MR) is 73.8 cm³/mol. The van der Waals surface area contributed by atoms with Crippen LogP contribution in [0.5, 0.6) is 0 Å². The highest BCUT2D eigenvalue weighted by Crippen LogP contribution is 2.27. The Hall–Kier alpha value is -0.810. The Kier molecular flexibility index (Phi) is 4.68. The molecule has 19 heavy (non-hydrogen) atoms. The van der Waals surface area contributed by atoms with Crippen LogP contribution in [0.25, 0.3) is 0 Å². The fourth-order valence-electron chi connectivity index (χ4n) is 2.28. The quantitative estimate of drug-likeness (QED) is 0.931. The summed E-state index contributed by atoms with van der Waals surface area (Å²) in [5.41, 5.74) is 0.351. The fourth-order valence-corrected chi connectivity index (χ4v) is 2.65. The minimum Gasteiger partial charge on any atom is -0.394 e. The summed E-state index contributed by atoms with van der Waals surface area (Å²) in [4.78, 5) is 14.1. The minimum atomic E-state index is -0.243. The average Bonchev–Trinajstić information content (AvgIpc) is 2.84. The number of benzene rings is 1. The van der Waals surface area contributed by atoms with Crippen LogP contribution in [0.3, 0.4) is 0 Å². The molecule has 1 aromatic rings. The summed E-state index contributed by atoms with van der Waals surface area (Å²) >= 11 is 11.9. The van der Waals surface area contributed by atoms with Crippen LogP contribution >= 0.6 is 23.2 Å². The van der Waals surface area contributed by atoms with Gasteiger partial charge in [-0.25, -0.2) is 0 Å². The van der Waals surface area contributed by atoms with Gasteiger partial charge in [0.1, 0.15) is 0 Å². The summed E-state index contributed by atoms with van der Waals surface area (Å²) in [6, 6.07) is 4.52. The maximum absolute atomic E-state index is 12.5. The summed E-state index contributed by atoms with van der Waals surface area (Å²) in [5.74, 6) is -0.230. The van der Waals surface area contributed by atoms with Gasteiger partial charge in [0.05, 0.1) is 29.3 Å². The van der Waals surface area contributed by atoms with Crippen LogP contribution in [-0.4, -0.2) is 48.3 Å². The molecular weight excluding hydrogens is 289 g/mol. The first-order valence-corrected chi connectivity index (χ1v) is 6.72. The second-order valence-corrected chi connectivity index (χ2v) is 5.36. The van der Waals surface area contributed by atoms with E-state index < -0.39 is 0 Å². The second kappa shape index (κ2) is 6.09. The third kappa shape index (κ3) is 3.03. The Morgan fingerprint density at radius 1 is 1.53 bits per heavy atom. The zero-order chi connectivity index (χ0) is 14.0. The van der Waals surface area contributed by atoms with Crippen molar-refractivity contribution in [3.05, 3.63) is 33.8 Å². The number of aliphatic hydroxyl groups is 1. The highest BCUT2D eigenvalue weighted by Gasteiger charge is 2.35. The van der Waals surface area contributed by atoms with E-state index >= 15 is 0 Å². The smallest absolute Gasteiger partial charge is 0.255 e. The number of nitrogens with zero attached hydrogens (tertiary/aromatic N) is 1. The molecule has 1 heterocycles. The van der Waals surface area contributed by atoms with Crippen molar-refractivity contribution in [2.75, 3.05) is 20.3 Å². The number of carbonyl (C=O) groups is 1. The van der Waals surface area contributed by atoms with Gasteiger partial charge in [-0.3, -0.25) is 4.79 Å². The van der Waals surface area contributed by atoms with Crippen LogP contribution in [-0.2, 0) is 4.74 Å². The van der Waals surface area contributed by atoms with Crippen molar-refractivity contribution >= 4 is 29.1 Å². The van der Waals surface area contributed by atoms with Crippen molar-refractivity contribution < 1.29 is 14.6 Å². The highest BCUT2D eigenvalue weighted by molar-refractivity contribution is 6.35. The van der Waals surface area contributed by atoms with E-state index in [4.69, 9.17) is 27.9 Å². The van der Waals surface area contributed by atoms with Crippen LogP contribution in [0.1, 0.15) is 16.8 Å². The topological polar surface area (TPSA) is 49.8 Å². The first kappa shape index (κ1) is 14.6. The normalized spacial score (nSPS) is 22.8. The predicted octanol–water partition coefficient (Wildman–Crippen LogP) is 2.22. The molecule has 1 saturated heterocycles. The fraction of sp³-hybridized carbons (Fsp3) is 0.462. The van der Waals surface area contributed by atoms with Gasteiger partial charge in [-0.15, -0.1) is 0 Å². The van der Waals surface area contributed by atoms with E-state index in [1.165, 1.54) is 0 Å². The molecule has 6 heteroatoms. The molecule has 0 aromatic heterocycles. The van der Waals surface area contributed by atoms with E-state index in [0.29, 0.717) is 28.6 Å². The van der Waals surface area contributed by atoms with Gasteiger partial charge >= 0.3 is 0 Å². The Bertz CT molecular complexity index is 481. The molecule has 0 bridgehead atoms. The molecule has 1 aliphatic rings. The zero-order valence-corrected chi connectivity index (χ0v) is 12.0. The molecule has 2 rings (SSSR count). The first-order chi connectivity index (χ1) is 9.06. The van der Waals surface area contributed by atoms with Gasteiger partial charge in [0, 0.05) is 18.7 Å². The Labute approximate surface area is 121 Å². The van der Waals surface area contributed by atoms with Gasteiger partial charge in [-0.05, 0) is 24.6 Å². The number of aliphatic hydroxyl groups excluding tert-OH is 1. The first-order valence-electron chi connectivity index (χ1n) is 5.96. The van der Waals surface area contributed by atoms with E-state index in [1.54, 1.807) is 30.2 Å². The molecular formula is C13H15Cl2NO3. The molecule has 4 nitrogen and oxygen atoms in total. The maximum Gasteiger partial charge on any atom is 0.255 e. The number of likely N-dealkylation sites (tertiary alicyclic amines) is 1. The molecule has 1 amide bonds. The molecule has 0 spiro atoms. The number of ether oxygens (including phenoxy) is 1. The van der Waals surface area contributed by atoms with Crippen molar-refractivity contribution in [1.82, 2.24) is 4.90 Å². The average molecular weight is 304 g/mol. The minimum absolute atomic E-state index is 0.0564. The van der Waals surface area contributed by atoms with Crippen LogP contribution in [0, 0.1) is 0 Å². The van der Waals surface area contributed by atoms with Crippen molar-refractivity contribution in [1.29, 1.82) is 0 Å². The molecule has 1 N–H and O–H groups in total. The number of carbonyl (C=O) groups excluding carboxylic acids is 1. The van der Waals surface area contributed by atoms with Crippen LogP contribution in [0.15, 0.2) is 18.2 Å². The summed E-state index contributed by atoms with van der Waals surface area (Å²) in [6.45, 7) is 0.354. The van der Waals surface area contributed by atoms with Crippen LogP contribution < -0.4 is 0 Å². The second-order valence-electron chi connectivity index (χ2n) is 4.51. The van der Waals surface area contributed by atoms with E-state index in [0.717, 1.165) is 0 Å². The number of hydrogen-bond acceptors (Lipinski definition) is 3. The number of hydrogen-bond donors (Lipinski definition) is 1. The molecule has 1 fully saturated rings. The SMILES string of the molecule is CO[C@@H]1C[C@@H](CO)N(C(=O)c2cc(Cl)ccc2Cl)C1. The van der Waals surface area contributed by atoms with Crippen LogP contribution in [0.2, 0.25) is 10.0 Å². The summed E-state index contributed by atoms with van der Waals surface area (Å²) < 4.78 is 5.25. The Balaban J connectivity index is 2.25. The van der Waals surface area contributed by atoms with Crippen LogP contribution in [0.4, 0.5) is 0 Å². The van der Waals surface area contributed by atoms with Crippen molar-refractivity contribution in [3.8, 4) is 0 Å². The van der Waals surface area contributed by atoms with E-state index in [1.807, 2.05) is 0 Å². The molecule has 1 aliphatic heterocycles. The lowest BCUT2D eigenvalue weighted by Gasteiger charge is -2.23. The van der Waals surface area contributed by atoms with Gasteiger partial charge in [0.15, 0.2) is 0 Å². The number of methoxy groups -OCH3 is 1. The molecule has 104 valence electrons. The molecule has 0 unspecified atom stereocenters. The van der Waals surface area contributed by atoms with Gasteiger partial charge in [-0.1, -0.05) is 23.2 Å². The standard InChI is InChI=1S/C13H15Cl2NO3/c1-19-10-5-9(7-17)16(6-10)13(18)11-4-8(14)2-3-12(11)15/h2-4,9-10,17H,5-7H2,1H3/t9-,10+/m0/s1.